The molecule has 0 aliphatic carbocycles. The fraction of sp³-hybridized carbons (Fsp3) is 0.333. The van der Waals surface area contributed by atoms with E-state index in [0.717, 1.165) is 6.42 Å². The zero-order valence-electron chi connectivity index (χ0n) is 9.87. The van der Waals surface area contributed by atoms with Crippen LogP contribution >= 0.6 is 28.1 Å². The van der Waals surface area contributed by atoms with Gasteiger partial charge in [0.15, 0.2) is 0 Å². The van der Waals surface area contributed by atoms with E-state index in [1.54, 1.807) is 0 Å². The number of carbonyl (C=O) groups is 1. The lowest BCUT2D eigenvalue weighted by Gasteiger charge is -2.16. The van der Waals surface area contributed by atoms with E-state index in [1.165, 1.54) is 18.2 Å². The first-order valence-corrected chi connectivity index (χ1v) is 6.68. The van der Waals surface area contributed by atoms with Crippen molar-refractivity contribution in [2.45, 2.75) is 25.8 Å². The van der Waals surface area contributed by atoms with Gasteiger partial charge in [0.1, 0.15) is 5.82 Å². The van der Waals surface area contributed by atoms with Gasteiger partial charge in [0.05, 0.1) is 9.46 Å². The minimum absolute atomic E-state index is 0.0983. The zero-order valence-corrected chi connectivity index (χ0v) is 12.3. The van der Waals surface area contributed by atoms with Gasteiger partial charge in [-0.05, 0) is 40.5 Å². The number of nitrogens with two attached hydrogens (primary N) is 1. The van der Waals surface area contributed by atoms with Crippen molar-refractivity contribution in [3.05, 3.63) is 34.1 Å². The molecule has 1 unspecified atom stereocenters. The number of carbonyl (C=O) groups excluding carboxylic acids is 1. The maximum absolute atomic E-state index is 13.1. The summed E-state index contributed by atoms with van der Waals surface area (Å²) >= 11 is 7.86. The Morgan fingerprint density at radius 1 is 1.61 bits per heavy atom. The van der Waals surface area contributed by atoms with E-state index in [2.05, 4.69) is 21.2 Å². The van der Waals surface area contributed by atoms with Gasteiger partial charge in [0, 0.05) is 18.0 Å². The molecule has 0 bridgehead atoms. The minimum Gasteiger partial charge on any atom is -0.393 e. The summed E-state index contributed by atoms with van der Waals surface area (Å²) in [5, 5.41) is 2.81. The van der Waals surface area contributed by atoms with Crippen molar-refractivity contribution in [2.75, 3.05) is 0 Å². The molecular weight excluding hydrogens is 319 g/mol. The van der Waals surface area contributed by atoms with Crippen molar-refractivity contribution in [3.63, 3.8) is 0 Å². The molecule has 0 fully saturated rings. The second kappa shape index (κ2) is 6.80. The summed E-state index contributed by atoms with van der Waals surface area (Å²) in [6.07, 6.45) is 1.19. The Labute approximate surface area is 119 Å². The summed E-state index contributed by atoms with van der Waals surface area (Å²) in [4.78, 5) is 12.3. The molecule has 0 radical (unpaired) electrons. The van der Waals surface area contributed by atoms with Gasteiger partial charge in [-0.3, -0.25) is 4.79 Å². The summed E-state index contributed by atoms with van der Waals surface area (Å²) in [5.74, 6) is -0.666. The first kappa shape index (κ1) is 15.0. The second-order valence-electron chi connectivity index (χ2n) is 3.88. The molecule has 0 aromatic heterocycles. The highest BCUT2D eigenvalue weighted by Gasteiger charge is 2.14. The molecule has 98 valence electrons. The molecule has 0 aliphatic heterocycles. The lowest BCUT2D eigenvalue weighted by atomic mass is 10.1. The normalized spacial score (nSPS) is 11.9. The standard InChI is InChI=1S/C12H14BrFN2OS/c1-2-8(6-11(15)18)16-12(17)7-3-4-10(14)9(13)5-7/h3-5,8H,2,6H2,1H3,(H2,15,18)(H,16,17). The van der Waals surface area contributed by atoms with E-state index in [4.69, 9.17) is 18.0 Å². The molecule has 6 heteroatoms. The van der Waals surface area contributed by atoms with Gasteiger partial charge in [-0.1, -0.05) is 19.1 Å². The summed E-state index contributed by atoms with van der Waals surface area (Å²) in [6, 6.07) is 4.02. The lowest BCUT2D eigenvalue weighted by molar-refractivity contribution is 0.0937. The van der Waals surface area contributed by atoms with Gasteiger partial charge >= 0.3 is 0 Å². The Morgan fingerprint density at radius 3 is 2.78 bits per heavy atom. The van der Waals surface area contributed by atoms with Crippen molar-refractivity contribution in [3.8, 4) is 0 Å². The van der Waals surface area contributed by atoms with Crippen LogP contribution in [0.5, 0.6) is 0 Å². The predicted octanol–water partition coefficient (Wildman–Crippen LogP) is 2.77. The molecule has 0 saturated heterocycles. The summed E-state index contributed by atoms with van der Waals surface area (Å²) in [6.45, 7) is 1.93. The van der Waals surface area contributed by atoms with Crippen LogP contribution in [0.15, 0.2) is 22.7 Å². The van der Waals surface area contributed by atoms with Crippen molar-refractivity contribution >= 4 is 39.0 Å². The quantitative estimate of drug-likeness (QED) is 0.815. The smallest absolute Gasteiger partial charge is 0.251 e. The van der Waals surface area contributed by atoms with Crippen LogP contribution in [0.4, 0.5) is 4.39 Å². The first-order valence-electron chi connectivity index (χ1n) is 5.48. The van der Waals surface area contributed by atoms with E-state index < -0.39 is 5.82 Å². The van der Waals surface area contributed by atoms with Gasteiger partial charge in [-0.2, -0.15) is 0 Å². The Bertz CT molecular complexity index is 467. The number of benzene rings is 1. The van der Waals surface area contributed by atoms with Crippen LogP contribution in [-0.2, 0) is 0 Å². The summed E-state index contributed by atoms with van der Waals surface area (Å²) in [7, 11) is 0. The molecule has 18 heavy (non-hydrogen) atoms. The van der Waals surface area contributed by atoms with Gasteiger partial charge in [-0.15, -0.1) is 0 Å². The largest absolute Gasteiger partial charge is 0.393 e. The van der Waals surface area contributed by atoms with Gasteiger partial charge in [-0.25, -0.2) is 4.39 Å². The Balaban J connectivity index is 2.74. The Kier molecular flexibility index (Phi) is 5.68. The molecule has 1 aromatic rings. The molecule has 0 aliphatic rings. The van der Waals surface area contributed by atoms with Crippen LogP contribution < -0.4 is 11.1 Å². The maximum Gasteiger partial charge on any atom is 0.251 e. The average molecular weight is 333 g/mol. The highest BCUT2D eigenvalue weighted by molar-refractivity contribution is 9.10. The second-order valence-corrected chi connectivity index (χ2v) is 5.26. The molecule has 0 spiro atoms. The topological polar surface area (TPSA) is 55.1 Å². The molecule has 3 N–H and O–H groups in total. The van der Waals surface area contributed by atoms with Crippen LogP contribution in [0, 0.1) is 5.82 Å². The number of thiocarbonyl (C=S) groups is 1. The van der Waals surface area contributed by atoms with Crippen LogP contribution in [0.1, 0.15) is 30.1 Å². The predicted molar refractivity (Wildman–Crippen MR) is 77.0 cm³/mol. The number of hydrogen-bond donors (Lipinski definition) is 2. The number of nitrogens with one attached hydrogen (secondary N) is 1. The fourth-order valence-corrected chi connectivity index (χ4v) is 2.03. The molecule has 1 amide bonds. The lowest BCUT2D eigenvalue weighted by Crippen LogP contribution is -2.37. The van der Waals surface area contributed by atoms with Crippen LogP contribution in [0.25, 0.3) is 0 Å². The number of halogens is 2. The number of hydrogen-bond acceptors (Lipinski definition) is 2. The van der Waals surface area contributed by atoms with E-state index >= 15 is 0 Å². The van der Waals surface area contributed by atoms with Crippen LogP contribution in [0.3, 0.4) is 0 Å². The Hall–Kier alpha value is -1.01. The number of amides is 1. The SMILES string of the molecule is CCC(CC(N)=S)NC(=O)c1ccc(F)c(Br)c1. The van der Waals surface area contributed by atoms with E-state index in [9.17, 15) is 9.18 Å². The van der Waals surface area contributed by atoms with Crippen LogP contribution in [0.2, 0.25) is 0 Å². The summed E-state index contributed by atoms with van der Waals surface area (Å²) in [5.41, 5.74) is 5.84. The van der Waals surface area contributed by atoms with E-state index in [1.807, 2.05) is 6.92 Å². The van der Waals surface area contributed by atoms with Gasteiger partial charge < -0.3 is 11.1 Å². The molecule has 1 rings (SSSR count). The molecule has 1 atom stereocenters. The fourth-order valence-electron chi connectivity index (χ4n) is 1.45. The molecule has 1 aromatic carbocycles. The highest BCUT2D eigenvalue weighted by Crippen LogP contribution is 2.17. The van der Waals surface area contributed by atoms with Crippen molar-refractivity contribution < 1.29 is 9.18 Å². The third kappa shape index (κ3) is 4.34. The molecule has 0 heterocycles. The highest BCUT2D eigenvalue weighted by atomic mass is 79.9. The van der Waals surface area contributed by atoms with Crippen LogP contribution in [-0.4, -0.2) is 16.9 Å². The average Bonchev–Trinajstić information content (AvgIpc) is 2.31. The third-order valence-electron chi connectivity index (χ3n) is 2.46. The van der Waals surface area contributed by atoms with Gasteiger partial charge in [0.25, 0.3) is 5.91 Å². The summed E-state index contributed by atoms with van der Waals surface area (Å²) < 4.78 is 13.3. The zero-order chi connectivity index (χ0) is 13.7. The van der Waals surface area contributed by atoms with E-state index in [0.29, 0.717) is 17.0 Å². The van der Waals surface area contributed by atoms with E-state index in [-0.39, 0.29) is 16.4 Å². The van der Waals surface area contributed by atoms with Crippen molar-refractivity contribution in [1.82, 2.24) is 5.32 Å². The maximum atomic E-state index is 13.1. The van der Waals surface area contributed by atoms with Crippen molar-refractivity contribution in [1.29, 1.82) is 0 Å². The number of rotatable bonds is 5. The molecule has 0 saturated carbocycles. The minimum atomic E-state index is -0.401. The van der Waals surface area contributed by atoms with Gasteiger partial charge in [0.2, 0.25) is 0 Å². The molecular formula is C12H14BrFN2OS. The first-order chi connectivity index (χ1) is 8.43. The third-order valence-corrected chi connectivity index (χ3v) is 3.23. The Morgan fingerprint density at radius 2 is 2.28 bits per heavy atom. The van der Waals surface area contributed by atoms with Crippen molar-refractivity contribution in [2.24, 2.45) is 5.73 Å². The monoisotopic (exact) mass is 332 g/mol. The molecule has 3 nitrogen and oxygen atoms in total.